The number of carbonyl (C=O) groups excluding carboxylic acids is 4. The van der Waals surface area contributed by atoms with Crippen molar-refractivity contribution in [3.05, 3.63) is 36.0 Å². The number of allylic oxidation sites excluding steroid dienone is 2. The highest BCUT2D eigenvalue weighted by molar-refractivity contribution is 7.90. The number of hydrogen-bond acceptors (Lipinski definition) is 11. The number of sulfonamides is 1. The van der Waals surface area contributed by atoms with E-state index in [4.69, 9.17) is 14.2 Å². The molecule has 3 fully saturated rings. The van der Waals surface area contributed by atoms with Crippen LogP contribution >= 0.6 is 0 Å². The zero-order valence-corrected chi connectivity index (χ0v) is 36.8. The van der Waals surface area contributed by atoms with Crippen molar-refractivity contribution < 1.29 is 68.1 Å². The normalized spacial score (nSPS) is 28.1. The minimum absolute atomic E-state index is 0.0154. The molecule has 1 N–H and O–H groups in total. The highest BCUT2D eigenvalue weighted by atomic mass is 32.2. The molecule has 2 amide bonds. The number of Topliss-reactive ketones (excluding diaryl/α,β-unsaturated/α-hetero) is 1. The zero-order chi connectivity index (χ0) is 46.4. The maximum atomic E-state index is 15.0. The Morgan fingerprint density at radius 1 is 1.02 bits per heavy atom. The Labute approximate surface area is 362 Å². The number of aromatic nitrogens is 2. The molecule has 2 aliphatic carbocycles. The molecule has 2 aromatic rings. The van der Waals surface area contributed by atoms with Gasteiger partial charge in [0.25, 0.3) is 0 Å². The van der Waals surface area contributed by atoms with E-state index in [0.29, 0.717) is 51.7 Å². The van der Waals surface area contributed by atoms with E-state index in [-0.39, 0.29) is 35.9 Å². The third-order valence-corrected chi connectivity index (χ3v) is 14.3. The first-order valence-corrected chi connectivity index (χ1v) is 22.9. The van der Waals surface area contributed by atoms with E-state index in [0.717, 1.165) is 4.90 Å². The van der Waals surface area contributed by atoms with E-state index >= 15 is 0 Å². The van der Waals surface area contributed by atoms with E-state index in [1.807, 2.05) is 13.0 Å². The minimum Gasteiger partial charge on any atom is -0.491 e. The quantitative estimate of drug-likeness (QED) is 0.133. The van der Waals surface area contributed by atoms with Crippen LogP contribution in [0.2, 0.25) is 0 Å². The molecule has 1 aromatic carbocycles. The Bertz CT molecular complexity index is 2230. The first-order chi connectivity index (χ1) is 29.2. The Morgan fingerprint density at radius 3 is 2.33 bits per heavy atom. The van der Waals surface area contributed by atoms with Gasteiger partial charge in [-0.05, 0) is 96.1 Å². The summed E-state index contributed by atoms with van der Waals surface area (Å²) >= 11 is 0. The number of nitrogens with one attached hydrogen (secondary N) is 1. The standard InChI is InChI=1S/C43H54F6N4O9S/c1-7-25-16-24(4)10-8-9-11-26-20-41(26,39(57)52-63(58,59)29-13-14-29)21-34(54)33-18-28(22-53(33)38(56)30(25)19-35(55)62-40(5,6)43(47,48)49)61-37-36(42(44,45)46)50-31-15-12-27(60-23(2)3)17-32(31)51-37/h9,11-12,15,17,23-26,28-30,33H,7-8,10,13-14,16,18-22H2,1-6H3,(H,52,57)/b11-9-/t24-,25-,26-,28-,30+,33+,41-/m1/s1. The van der Waals surface area contributed by atoms with Gasteiger partial charge in [-0.2, -0.15) is 26.3 Å². The van der Waals surface area contributed by atoms with E-state index in [1.165, 1.54) is 18.2 Å². The van der Waals surface area contributed by atoms with Gasteiger partial charge < -0.3 is 19.1 Å². The molecule has 4 aliphatic rings. The molecule has 0 spiro atoms. The molecule has 0 unspecified atom stereocenters. The molecule has 6 rings (SSSR count). The lowest BCUT2D eigenvalue weighted by atomic mass is 9.79. The predicted octanol–water partition coefficient (Wildman–Crippen LogP) is 7.65. The smallest absolute Gasteiger partial charge is 0.438 e. The van der Waals surface area contributed by atoms with Crippen molar-refractivity contribution in [3.8, 4) is 11.6 Å². The second kappa shape index (κ2) is 17.8. The number of nitrogens with zero attached hydrogens (tertiary/aromatic N) is 3. The van der Waals surface area contributed by atoms with Gasteiger partial charge in [0.2, 0.25) is 39.0 Å². The van der Waals surface area contributed by atoms with Crippen LogP contribution in [0, 0.1) is 29.1 Å². The van der Waals surface area contributed by atoms with Crippen LogP contribution in [-0.4, -0.2) is 88.7 Å². The van der Waals surface area contributed by atoms with Gasteiger partial charge in [-0.15, -0.1) is 0 Å². The molecule has 3 heterocycles. The van der Waals surface area contributed by atoms with Gasteiger partial charge in [-0.25, -0.2) is 18.4 Å². The van der Waals surface area contributed by atoms with E-state index in [9.17, 15) is 53.9 Å². The third-order valence-electron chi connectivity index (χ3n) is 12.5. The van der Waals surface area contributed by atoms with E-state index < -0.39 is 129 Å². The van der Waals surface area contributed by atoms with Crippen LogP contribution in [0.4, 0.5) is 26.3 Å². The summed E-state index contributed by atoms with van der Waals surface area (Å²) in [5.41, 5.74) is -6.07. The summed E-state index contributed by atoms with van der Waals surface area (Å²) in [5.74, 6) is -7.05. The summed E-state index contributed by atoms with van der Waals surface area (Å²) in [6.45, 7) is 7.98. The molecular weight excluding hydrogens is 863 g/mol. The molecule has 20 heteroatoms. The molecular formula is C43H54F6N4O9S. The average Bonchev–Trinajstić information content (AvgIpc) is 4.09. The highest BCUT2D eigenvalue weighted by Gasteiger charge is 2.62. The van der Waals surface area contributed by atoms with Crippen molar-refractivity contribution in [2.24, 2.45) is 29.1 Å². The second-order valence-electron chi connectivity index (χ2n) is 18.3. The molecule has 2 saturated carbocycles. The summed E-state index contributed by atoms with van der Waals surface area (Å²) in [4.78, 5) is 65.9. The van der Waals surface area contributed by atoms with Gasteiger partial charge in [0.1, 0.15) is 11.9 Å². The SMILES string of the molecule is CC[C@@H]1C[C@H](C)CC/C=C\[C@@H]2C[C@@]2(C(=O)NS(=O)(=O)C2CC2)CC(=O)[C@@H]2C[C@@H](Oc3nc4cc(OC(C)C)ccc4nc3C(F)(F)F)CN2C(=O)[C@H]1CC(=O)OC(C)(C)C(F)(F)F. The second-order valence-corrected chi connectivity index (χ2v) is 20.2. The van der Waals surface area contributed by atoms with Crippen molar-refractivity contribution in [2.75, 3.05) is 6.54 Å². The van der Waals surface area contributed by atoms with E-state index in [1.54, 1.807) is 26.8 Å². The molecule has 63 heavy (non-hydrogen) atoms. The minimum atomic E-state index is -5.08. The number of fused-ring (bicyclic) bond motifs is 3. The third kappa shape index (κ3) is 10.9. The number of rotatable bonds is 11. The molecule has 7 atom stereocenters. The van der Waals surface area contributed by atoms with Crippen molar-refractivity contribution in [1.29, 1.82) is 0 Å². The van der Waals surface area contributed by atoms with Crippen LogP contribution in [0.15, 0.2) is 30.4 Å². The molecule has 1 aromatic heterocycles. The molecule has 348 valence electrons. The van der Waals surface area contributed by atoms with Crippen LogP contribution in [0.25, 0.3) is 11.0 Å². The van der Waals surface area contributed by atoms with Gasteiger partial charge in [-0.1, -0.05) is 32.4 Å². The summed E-state index contributed by atoms with van der Waals surface area (Å²) in [6.07, 6.45) is -7.33. The number of hydrogen-bond donors (Lipinski definition) is 1. The van der Waals surface area contributed by atoms with Gasteiger partial charge in [0.15, 0.2) is 5.78 Å². The number of ether oxygens (including phenoxy) is 3. The number of esters is 1. The average molecular weight is 917 g/mol. The zero-order valence-electron chi connectivity index (χ0n) is 36.0. The lowest BCUT2D eigenvalue weighted by Crippen LogP contribution is -2.48. The largest absolute Gasteiger partial charge is 0.491 e. The maximum Gasteiger partial charge on any atom is 0.438 e. The molecule has 1 saturated heterocycles. The molecule has 2 aliphatic heterocycles. The van der Waals surface area contributed by atoms with Crippen molar-refractivity contribution in [2.45, 2.75) is 147 Å². The topological polar surface area (TPSA) is 171 Å². The monoisotopic (exact) mass is 916 g/mol. The number of carbonyl (C=O) groups is 4. The first-order valence-electron chi connectivity index (χ1n) is 21.3. The summed E-state index contributed by atoms with van der Waals surface area (Å²) in [6, 6.07) is 2.64. The van der Waals surface area contributed by atoms with E-state index in [2.05, 4.69) is 14.7 Å². The van der Waals surface area contributed by atoms with Gasteiger partial charge >= 0.3 is 18.3 Å². The lowest BCUT2D eigenvalue weighted by molar-refractivity contribution is -0.257. The number of ketones is 1. The molecule has 0 radical (unpaired) electrons. The van der Waals surface area contributed by atoms with Crippen LogP contribution in [0.3, 0.4) is 0 Å². The fourth-order valence-corrected chi connectivity index (χ4v) is 9.98. The van der Waals surface area contributed by atoms with Gasteiger partial charge in [0.05, 0.1) is 52.7 Å². The molecule has 13 nitrogen and oxygen atoms in total. The van der Waals surface area contributed by atoms with Crippen molar-refractivity contribution in [1.82, 2.24) is 19.6 Å². The van der Waals surface area contributed by atoms with Crippen molar-refractivity contribution >= 4 is 44.6 Å². The highest BCUT2D eigenvalue weighted by Crippen LogP contribution is 2.57. The Hall–Kier alpha value is -4.49. The summed E-state index contributed by atoms with van der Waals surface area (Å²) in [5, 5.41) is -0.753. The fourth-order valence-electron chi connectivity index (χ4n) is 8.59. The van der Waals surface area contributed by atoms with Crippen LogP contribution in [-0.2, 0) is 40.1 Å². The Balaban J connectivity index is 1.40. The van der Waals surface area contributed by atoms with Crippen LogP contribution in [0.1, 0.15) is 111 Å². The number of benzene rings is 1. The van der Waals surface area contributed by atoms with Gasteiger partial charge in [-0.3, -0.25) is 23.9 Å². The number of halogens is 6. The fraction of sp³-hybridized carbons (Fsp3) is 0.674. The van der Waals surface area contributed by atoms with Crippen LogP contribution < -0.4 is 14.2 Å². The Morgan fingerprint density at radius 2 is 1.71 bits per heavy atom. The number of amides is 2. The molecule has 0 bridgehead atoms. The van der Waals surface area contributed by atoms with Crippen molar-refractivity contribution in [3.63, 3.8) is 0 Å². The maximum absolute atomic E-state index is 15.0. The predicted molar refractivity (Wildman–Crippen MR) is 215 cm³/mol. The van der Waals surface area contributed by atoms with Crippen LogP contribution in [0.5, 0.6) is 11.6 Å². The summed E-state index contributed by atoms with van der Waals surface area (Å²) in [7, 11) is -4.04. The van der Waals surface area contributed by atoms with Gasteiger partial charge in [0, 0.05) is 18.9 Å². The summed E-state index contributed by atoms with van der Waals surface area (Å²) < 4.78 is 130. The Kier molecular flexibility index (Phi) is 13.6. The first kappa shape index (κ1) is 48.0. The lowest BCUT2D eigenvalue weighted by Gasteiger charge is -2.34. The number of alkyl halides is 6.